The molecule has 5 rings (SSSR count). The smallest absolute Gasteiger partial charge is 0.164 e. The predicted molar refractivity (Wildman–Crippen MR) is 114 cm³/mol. The topological polar surface area (TPSA) is 59.6 Å². The van der Waals surface area contributed by atoms with E-state index in [0.29, 0.717) is 0 Å². The number of ether oxygens (including phenoxy) is 1. The molecule has 7 nitrogen and oxygen atoms in total. The molecule has 2 aliphatic heterocycles. The molecule has 3 aromatic rings. The van der Waals surface area contributed by atoms with E-state index in [9.17, 15) is 0 Å². The molecule has 0 unspecified atom stereocenters. The fourth-order valence-corrected chi connectivity index (χ4v) is 5.01. The van der Waals surface area contributed by atoms with Gasteiger partial charge in [-0.25, -0.2) is 0 Å². The van der Waals surface area contributed by atoms with Gasteiger partial charge in [-0.2, -0.15) is 0 Å². The Balaban J connectivity index is 1.42. The average Bonchev–Trinajstić information content (AvgIpc) is 3.36. The van der Waals surface area contributed by atoms with Crippen LogP contribution in [0.2, 0.25) is 0 Å². The molecule has 0 N–H and O–H groups in total. The summed E-state index contributed by atoms with van der Waals surface area (Å²) in [6.45, 7) is 6.80. The molecule has 0 amide bonds. The van der Waals surface area contributed by atoms with Gasteiger partial charge in [0.15, 0.2) is 5.82 Å². The highest BCUT2D eigenvalue weighted by Gasteiger charge is 2.43. The van der Waals surface area contributed by atoms with E-state index in [-0.39, 0.29) is 5.54 Å². The van der Waals surface area contributed by atoms with Gasteiger partial charge in [0.25, 0.3) is 0 Å². The molecule has 0 radical (unpaired) electrons. The summed E-state index contributed by atoms with van der Waals surface area (Å²) in [6, 6.07) is 12.3. The summed E-state index contributed by atoms with van der Waals surface area (Å²) in [5.74, 6) is 4.91. The summed E-state index contributed by atoms with van der Waals surface area (Å²) < 4.78 is 13.6. The van der Waals surface area contributed by atoms with Crippen molar-refractivity contribution in [1.82, 2.24) is 24.6 Å². The molecule has 1 aromatic carbocycles. The number of rotatable bonds is 4. The molecule has 158 valence electrons. The molecular weight excluding hydrogens is 378 g/mol. The third-order valence-electron chi connectivity index (χ3n) is 6.49. The van der Waals surface area contributed by atoms with E-state index in [2.05, 4.69) is 49.8 Å². The van der Waals surface area contributed by atoms with Crippen LogP contribution in [0.5, 0.6) is 5.75 Å². The molecular formula is C23H29N5O2. The second-order valence-electron chi connectivity index (χ2n) is 8.69. The summed E-state index contributed by atoms with van der Waals surface area (Å²) in [4.78, 5) is 4.88. The Bertz CT molecular complexity index is 1010. The number of piperidine rings is 1. The lowest BCUT2D eigenvalue weighted by molar-refractivity contribution is 0.0466. The minimum absolute atomic E-state index is 0.0245. The molecule has 1 fully saturated rings. The highest BCUT2D eigenvalue weighted by Crippen LogP contribution is 2.39. The van der Waals surface area contributed by atoms with Crippen LogP contribution < -0.4 is 4.74 Å². The zero-order valence-corrected chi connectivity index (χ0v) is 18.0. The van der Waals surface area contributed by atoms with Gasteiger partial charge in [-0.15, -0.1) is 10.2 Å². The first-order valence-electron chi connectivity index (χ1n) is 10.6. The van der Waals surface area contributed by atoms with E-state index in [1.165, 1.54) is 0 Å². The van der Waals surface area contributed by atoms with Crippen LogP contribution in [0, 0.1) is 6.92 Å². The van der Waals surface area contributed by atoms with Gasteiger partial charge in [-0.05, 0) is 63.2 Å². The number of methoxy groups -OCH3 is 1. The van der Waals surface area contributed by atoms with Crippen LogP contribution in [0.3, 0.4) is 0 Å². The lowest BCUT2D eigenvalue weighted by Gasteiger charge is -2.48. The van der Waals surface area contributed by atoms with Gasteiger partial charge in [0, 0.05) is 25.2 Å². The summed E-state index contributed by atoms with van der Waals surface area (Å²) in [5.41, 5.74) is 1.11. The van der Waals surface area contributed by atoms with E-state index in [4.69, 9.17) is 9.15 Å². The van der Waals surface area contributed by atoms with Gasteiger partial charge in [0.1, 0.15) is 23.1 Å². The Hall–Kier alpha value is -2.64. The van der Waals surface area contributed by atoms with Crippen molar-refractivity contribution < 1.29 is 9.15 Å². The Morgan fingerprint density at radius 1 is 1.07 bits per heavy atom. The summed E-state index contributed by atoms with van der Waals surface area (Å²) in [5, 5.41) is 9.19. The van der Waals surface area contributed by atoms with E-state index < -0.39 is 0 Å². The fourth-order valence-electron chi connectivity index (χ4n) is 5.01. The van der Waals surface area contributed by atoms with Crippen molar-refractivity contribution in [3.8, 4) is 17.1 Å². The number of hydrogen-bond acceptors (Lipinski definition) is 6. The van der Waals surface area contributed by atoms with Crippen molar-refractivity contribution in [2.24, 2.45) is 0 Å². The number of aryl methyl sites for hydroxylation is 1. The van der Waals surface area contributed by atoms with E-state index in [1.54, 1.807) is 7.11 Å². The minimum atomic E-state index is 0.0245. The maximum atomic E-state index is 5.79. The molecule has 4 heterocycles. The van der Waals surface area contributed by atoms with Gasteiger partial charge >= 0.3 is 0 Å². The standard InChI is InChI=1S/C23H29N5O2/c1-17-4-7-20(30-17)14-27-12-10-23(11-13-27)16-26(2)15-21-24-25-22(28(21)23)18-5-8-19(29-3)9-6-18/h4-9H,10-16H2,1-3H3. The number of likely N-dealkylation sites (N-methyl/N-ethyl adjacent to an activating group) is 1. The third-order valence-corrected chi connectivity index (χ3v) is 6.49. The molecule has 2 aliphatic rings. The van der Waals surface area contributed by atoms with Gasteiger partial charge in [0.2, 0.25) is 0 Å². The highest BCUT2D eigenvalue weighted by atomic mass is 16.5. The van der Waals surface area contributed by atoms with Crippen LogP contribution in [0.4, 0.5) is 0 Å². The Morgan fingerprint density at radius 2 is 1.83 bits per heavy atom. The van der Waals surface area contributed by atoms with Crippen molar-refractivity contribution in [1.29, 1.82) is 0 Å². The number of benzene rings is 1. The monoisotopic (exact) mass is 407 g/mol. The van der Waals surface area contributed by atoms with E-state index >= 15 is 0 Å². The SMILES string of the molecule is COc1ccc(-c2nnc3n2C2(CCN(Cc4ccc(C)o4)CC2)CN(C)C3)cc1. The van der Waals surface area contributed by atoms with Crippen molar-refractivity contribution in [2.45, 2.75) is 38.4 Å². The van der Waals surface area contributed by atoms with Gasteiger partial charge in [-0.3, -0.25) is 9.80 Å². The van der Waals surface area contributed by atoms with Crippen LogP contribution in [0.1, 0.15) is 30.2 Å². The number of aromatic nitrogens is 3. The van der Waals surface area contributed by atoms with Crippen molar-refractivity contribution in [2.75, 3.05) is 33.8 Å². The lowest BCUT2D eigenvalue weighted by Crippen LogP contribution is -2.55. The molecule has 7 heteroatoms. The fraction of sp³-hybridized carbons (Fsp3) is 0.478. The van der Waals surface area contributed by atoms with Crippen LogP contribution in [0.25, 0.3) is 11.4 Å². The molecule has 0 atom stereocenters. The number of fused-ring (bicyclic) bond motifs is 2. The molecule has 1 saturated heterocycles. The van der Waals surface area contributed by atoms with Crippen molar-refractivity contribution in [3.63, 3.8) is 0 Å². The zero-order chi connectivity index (χ0) is 20.7. The summed E-state index contributed by atoms with van der Waals surface area (Å²) in [6.07, 6.45) is 2.15. The van der Waals surface area contributed by atoms with Crippen molar-refractivity contribution in [3.05, 3.63) is 53.7 Å². The van der Waals surface area contributed by atoms with Crippen LogP contribution in [-0.4, -0.2) is 58.4 Å². The Kier molecular flexibility index (Phi) is 4.87. The van der Waals surface area contributed by atoms with Crippen LogP contribution in [0.15, 0.2) is 40.8 Å². The average molecular weight is 408 g/mol. The largest absolute Gasteiger partial charge is 0.497 e. The molecule has 2 aromatic heterocycles. The summed E-state index contributed by atoms with van der Waals surface area (Å²) in [7, 11) is 3.88. The van der Waals surface area contributed by atoms with Crippen molar-refractivity contribution >= 4 is 0 Å². The van der Waals surface area contributed by atoms with E-state index in [1.807, 2.05) is 25.1 Å². The molecule has 1 spiro atoms. The first-order valence-corrected chi connectivity index (χ1v) is 10.6. The minimum Gasteiger partial charge on any atom is -0.497 e. The number of hydrogen-bond donors (Lipinski definition) is 0. The molecule has 0 bridgehead atoms. The maximum absolute atomic E-state index is 5.79. The first-order chi connectivity index (χ1) is 14.6. The second kappa shape index (κ2) is 7.56. The number of likely N-dealkylation sites (tertiary alicyclic amines) is 1. The normalized spacial score (nSPS) is 19.2. The van der Waals surface area contributed by atoms with Gasteiger partial charge < -0.3 is 13.7 Å². The maximum Gasteiger partial charge on any atom is 0.164 e. The Morgan fingerprint density at radius 3 is 2.50 bits per heavy atom. The molecule has 30 heavy (non-hydrogen) atoms. The van der Waals surface area contributed by atoms with Gasteiger partial charge in [-0.1, -0.05) is 0 Å². The van der Waals surface area contributed by atoms with E-state index in [0.717, 1.165) is 80.0 Å². The van der Waals surface area contributed by atoms with Gasteiger partial charge in [0.05, 0.1) is 25.7 Å². The second-order valence-corrected chi connectivity index (χ2v) is 8.69. The molecule has 0 saturated carbocycles. The molecule has 0 aliphatic carbocycles. The number of furan rings is 1. The third kappa shape index (κ3) is 3.42. The van der Waals surface area contributed by atoms with Crippen LogP contribution >= 0.6 is 0 Å². The summed E-state index contributed by atoms with van der Waals surface area (Å²) >= 11 is 0. The first kappa shape index (κ1) is 19.3. The predicted octanol–water partition coefficient (Wildman–Crippen LogP) is 3.29. The van der Waals surface area contributed by atoms with Crippen LogP contribution in [-0.2, 0) is 18.6 Å². The highest BCUT2D eigenvalue weighted by molar-refractivity contribution is 5.57. The number of nitrogens with zero attached hydrogens (tertiary/aromatic N) is 5. The zero-order valence-electron chi connectivity index (χ0n) is 18.0. The quantitative estimate of drug-likeness (QED) is 0.661. The lowest BCUT2D eigenvalue weighted by atomic mass is 9.84. The Labute approximate surface area is 177 Å².